The van der Waals surface area contributed by atoms with Gasteiger partial charge in [-0.1, -0.05) is 36.4 Å². The van der Waals surface area contributed by atoms with Gasteiger partial charge in [0.15, 0.2) is 6.54 Å². The molecular weight excluding hydrogens is 340 g/mol. The Hall–Kier alpha value is -2.92. The number of quaternary nitrogens is 1. The molecular formula is C22H25N2O3+. The van der Waals surface area contributed by atoms with Gasteiger partial charge in [-0.25, -0.2) is 4.79 Å². The van der Waals surface area contributed by atoms with E-state index in [-0.39, 0.29) is 5.91 Å². The molecule has 3 rings (SSSR count). The van der Waals surface area contributed by atoms with Crippen molar-refractivity contribution in [1.29, 1.82) is 0 Å². The molecule has 0 aromatic heterocycles. The van der Waals surface area contributed by atoms with Crippen molar-refractivity contribution >= 4 is 23.1 Å². The van der Waals surface area contributed by atoms with E-state index in [0.29, 0.717) is 17.8 Å². The molecule has 0 saturated carbocycles. The molecule has 0 saturated heterocycles. The van der Waals surface area contributed by atoms with E-state index in [1.165, 1.54) is 23.1 Å². The molecule has 0 bridgehead atoms. The van der Waals surface area contributed by atoms with Gasteiger partial charge < -0.3 is 15.0 Å². The van der Waals surface area contributed by atoms with Crippen LogP contribution in [0.5, 0.6) is 0 Å². The Morgan fingerprint density at radius 1 is 1.15 bits per heavy atom. The summed E-state index contributed by atoms with van der Waals surface area (Å²) in [4.78, 5) is 25.4. The first-order valence-corrected chi connectivity index (χ1v) is 9.13. The summed E-state index contributed by atoms with van der Waals surface area (Å²) >= 11 is 0. The van der Waals surface area contributed by atoms with Gasteiger partial charge in [0, 0.05) is 12.1 Å². The maximum absolute atomic E-state index is 12.5. The van der Waals surface area contributed by atoms with Crippen LogP contribution in [0.2, 0.25) is 0 Å². The molecule has 0 aliphatic carbocycles. The molecule has 0 radical (unpaired) electrons. The summed E-state index contributed by atoms with van der Waals surface area (Å²) in [5, 5.41) is 2.93. The maximum atomic E-state index is 12.5. The number of carbonyl (C=O) groups excluding carboxylic acids is 2. The number of amides is 1. The van der Waals surface area contributed by atoms with E-state index in [1.807, 2.05) is 31.2 Å². The number of rotatable bonds is 5. The van der Waals surface area contributed by atoms with Crippen molar-refractivity contribution in [3.8, 4) is 0 Å². The van der Waals surface area contributed by atoms with Gasteiger partial charge in [-0.2, -0.15) is 0 Å². The van der Waals surface area contributed by atoms with Gasteiger partial charge in [-0.05, 0) is 41.8 Å². The second kappa shape index (κ2) is 8.64. The van der Waals surface area contributed by atoms with Crippen molar-refractivity contribution < 1.29 is 19.2 Å². The fourth-order valence-corrected chi connectivity index (χ4v) is 3.28. The summed E-state index contributed by atoms with van der Waals surface area (Å²) in [6.07, 6.45) is 3.19. The fraction of sp³-hybridized carbons (Fsp3) is 0.273. The van der Waals surface area contributed by atoms with E-state index in [1.54, 1.807) is 12.1 Å². The highest BCUT2D eigenvalue weighted by molar-refractivity contribution is 5.95. The van der Waals surface area contributed by atoms with E-state index in [0.717, 1.165) is 25.1 Å². The minimum Gasteiger partial charge on any atom is -0.465 e. The van der Waals surface area contributed by atoms with Gasteiger partial charge in [-0.15, -0.1) is 0 Å². The average molecular weight is 365 g/mol. The maximum Gasteiger partial charge on any atom is 0.337 e. The number of ether oxygens (including phenoxy) is 1. The second-order valence-corrected chi connectivity index (χ2v) is 6.80. The largest absolute Gasteiger partial charge is 0.465 e. The van der Waals surface area contributed by atoms with Crippen LogP contribution in [0.1, 0.15) is 27.9 Å². The molecule has 1 atom stereocenters. The van der Waals surface area contributed by atoms with Crippen LogP contribution in [0.4, 0.5) is 5.69 Å². The molecule has 1 aliphatic rings. The first-order valence-electron chi connectivity index (χ1n) is 9.13. The molecule has 1 unspecified atom stereocenters. The normalized spacial score (nSPS) is 16.4. The third-order valence-electron chi connectivity index (χ3n) is 4.87. The Morgan fingerprint density at radius 2 is 1.93 bits per heavy atom. The van der Waals surface area contributed by atoms with Crippen LogP contribution in [-0.4, -0.2) is 38.6 Å². The van der Waals surface area contributed by atoms with Crippen LogP contribution >= 0.6 is 0 Å². The number of carbonyl (C=O) groups is 2. The molecule has 140 valence electrons. The quantitative estimate of drug-likeness (QED) is 0.798. The molecule has 2 aromatic carbocycles. The lowest BCUT2D eigenvalue weighted by Crippen LogP contribution is -3.13. The average Bonchev–Trinajstić information content (AvgIpc) is 2.70. The second-order valence-electron chi connectivity index (χ2n) is 6.80. The van der Waals surface area contributed by atoms with Gasteiger partial charge in [0.1, 0.15) is 0 Å². The molecule has 1 amide bonds. The number of nitrogens with one attached hydrogen (secondary N) is 2. The smallest absolute Gasteiger partial charge is 0.337 e. The molecule has 27 heavy (non-hydrogen) atoms. The third-order valence-corrected chi connectivity index (χ3v) is 4.87. The fourth-order valence-electron chi connectivity index (χ4n) is 3.28. The van der Waals surface area contributed by atoms with Gasteiger partial charge >= 0.3 is 5.97 Å². The van der Waals surface area contributed by atoms with Crippen molar-refractivity contribution in [3.05, 3.63) is 71.3 Å². The number of aryl methyl sites for hydroxylation is 1. The lowest BCUT2D eigenvalue weighted by atomic mass is 10.00. The number of benzene rings is 2. The van der Waals surface area contributed by atoms with Crippen LogP contribution in [0.3, 0.4) is 0 Å². The number of hydrogen-bond acceptors (Lipinski definition) is 3. The summed E-state index contributed by atoms with van der Waals surface area (Å²) in [5.74, 6) is -0.461. The first kappa shape index (κ1) is 18.9. The summed E-state index contributed by atoms with van der Waals surface area (Å²) in [6, 6.07) is 15.5. The minimum absolute atomic E-state index is 0.0494. The van der Waals surface area contributed by atoms with Gasteiger partial charge in [-0.3, -0.25) is 4.79 Å². The number of esters is 1. The SMILES string of the molecule is COC(=O)c1ccc(C)c(NC(=O)C[NH+]2CC=C(c3ccccc3)CC2)c1. The van der Waals surface area contributed by atoms with Crippen LogP contribution in [0.25, 0.3) is 5.57 Å². The summed E-state index contributed by atoms with van der Waals surface area (Å²) in [6.45, 7) is 4.06. The van der Waals surface area contributed by atoms with Crippen molar-refractivity contribution in [2.75, 3.05) is 32.1 Å². The Labute approximate surface area is 159 Å². The number of hydrogen-bond donors (Lipinski definition) is 2. The van der Waals surface area contributed by atoms with Crippen molar-refractivity contribution in [3.63, 3.8) is 0 Å². The Kier molecular flexibility index (Phi) is 6.04. The highest BCUT2D eigenvalue weighted by Crippen LogP contribution is 2.18. The van der Waals surface area contributed by atoms with Crippen molar-refractivity contribution in [1.82, 2.24) is 0 Å². The van der Waals surface area contributed by atoms with E-state index in [2.05, 4.69) is 23.5 Å². The van der Waals surface area contributed by atoms with Gasteiger partial charge in [0.25, 0.3) is 5.91 Å². The summed E-state index contributed by atoms with van der Waals surface area (Å²) < 4.78 is 4.74. The third kappa shape index (κ3) is 4.83. The lowest BCUT2D eigenvalue weighted by Gasteiger charge is -2.23. The molecule has 0 fully saturated rings. The van der Waals surface area contributed by atoms with E-state index >= 15 is 0 Å². The lowest BCUT2D eigenvalue weighted by molar-refractivity contribution is -0.886. The minimum atomic E-state index is -0.411. The molecule has 1 heterocycles. The van der Waals surface area contributed by atoms with Gasteiger partial charge in [0.05, 0.1) is 25.8 Å². The molecule has 2 aromatic rings. The van der Waals surface area contributed by atoms with E-state index < -0.39 is 5.97 Å². The summed E-state index contributed by atoms with van der Waals surface area (Å²) in [5.41, 5.74) is 4.60. The van der Waals surface area contributed by atoms with Crippen LogP contribution in [0.15, 0.2) is 54.6 Å². The zero-order valence-corrected chi connectivity index (χ0v) is 15.7. The Morgan fingerprint density at radius 3 is 2.59 bits per heavy atom. The first-order chi connectivity index (χ1) is 13.1. The van der Waals surface area contributed by atoms with E-state index in [4.69, 9.17) is 4.74 Å². The monoisotopic (exact) mass is 365 g/mol. The molecule has 0 spiro atoms. The Bertz CT molecular complexity index is 859. The van der Waals surface area contributed by atoms with E-state index in [9.17, 15) is 9.59 Å². The number of anilines is 1. The topological polar surface area (TPSA) is 59.8 Å². The van der Waals surface area contributed by atoms with Gasteiger partial charge in [0.2, 0.25) is 0 Å². The molecule has 1 aliphatic heterocycles. The number of methoxy groups -OCH3 is 1. The molecule has 2 N–H and O–H groups in total. The standard InChI is InChI=1S/C22H24N2O3/c1-16-8-9-19(22(26)27-2)14-20(16)23-21(25)15-24-12-10-18(11-13-24)17-6-4-3-5-7-17/h3-10,14H,11-13,15H2,1-2H3,(H,23,25)/p+1. The van der Waals surface area contributed by atoms with Crippen molar-refractivity contribution in [2.45, 2.75) is 13.3 Å². The van der Waals surface area contributed by atoms with Crippen LogP contribution in [-0.2, 0) is 9.53 Å². The predicted molar refractivity (Wildman–Crippen MR) is 106 cm³/mol. The van der Waals surface area contributed by atoms with Crippen LogP contribution in [0, 0.1) is 6.92 Å². The Balaban J connectivity index is 1.59. The molecule has 5 nitrogen and oxygen atoms in total. The zero-order chi connectivity index (χ0) is 19.2. The van der Waals surface area contributed by atoms with Crippen LogP contribution < -0.4 is 10.2 Å². The van der Waals surface area contributed by atoms with Crippen molar-refractivity contribution in [2.24, 2.45) is 0 Å². The summed E-state index contributed by atoms with van der Waals surface area (Å²) in [7, 11) is 1.34. The highest BCUT2D eigenvalue weighted by Gasteiger charge is 2.19. The molecule has 5 heteroatoms. The predicted octanol–water partition coefficient (Wildman–Crippen LogP) is 2.09. The highest BCUT2D eigenvalue weighted by atomic mass is 16.5. The zero-order valence-electron chi connectivity index (χ0n) is 15.7.